The molecule has 1 aromatic heterocycles. The first-order valence-corrected chi connectivity index (χ1v) is 13.0. The van der Waals surface area contributed by atoms with Gasteiger partial charge in [-0.15, -0.1) is 0 Å². The molecule has 0 bridgehead atoms. The van der Waals surface area contributed by atoms with E-state index < -0.39 is 0 Å². The fraction of sp³-hybridized carbons (Fsp3) is 0.407. The minimum absolute atomic E-state index is 0.0409. The Morgan fingerprint density at radius 3 is 2.36 bits per heavy atom. The summed E-state index contributed by atoms with van der Waals surface area (Å²) in [5.74, 6) is 1.31. The van der Waals surface area contributed by atoms with Gasteiger partial charge in [0.15, 0.2) is 0 Å². The maximum absolute atomic E-state index is 13.1. The lowest BCUT2D eigenvalue weighted by Gasteiger charge is -2.23. The Morgan fingerprint density at radius 1 is 1.03 bits per heavy atom. The summed E-state index contributed by atoms with van der Waals surface area (Å²) in [7, 11) is 0. The van der Waals surface area contributed by atoms with Crippen molar-refractivity contribution < 1.29 is 9.69 Å². The van der Waals surface area contributed by atoms with Crippen molar-refractivity contribution in [3.05, 3.63) is 65.2 Å². The molecule has 6 heteroatoms. The first-order valence-electron chi connectivity index (χ1n) is 11.8. The van der Waals surface area contributed by atoms with E-state index in [-0.39, 0.29) is 5.91 Å². The van der Waals surface area contributed by atoms with Gasteiger partial charge >= 0.3 is 0 Å². The van der Waals surface area contributed by atoms with Crippen LogP contribution in [0.25, 0.3) is 10.9 Å². The molecule has 1 heterocycles. The highest BCUT2D eigenvalue weighted by Crippen LogP contribution is 2.30. The van der Waals surface area contributed by atoms with E-state index in [9.17, 15) is 4.79 Å². The normalized spacial score (nSPS) is 11.6. The summed E-state index contributed by atoms with van der Waals surface area (Å²) < 4.78 is 0. The van der Waals surface area contributed by atoms with Crippen molar-refractivity contribution in [2.45, 2.75) is 44.0 Å². The number of amides is 1. The molecule has 176 valence electrons. The molecule has 2 aromatic carbocycles. The van der Waals surface area contributed by atoms with E-state index in [1.807, 2.05) is 54.6 Å². The number of quaternary nitrogens is 1. The van der Waals surface area contributed by atoms with Gasteiger partial charge in [-0.3, -0.25) is 4.79 Å². The monoisotopic (exact) mass is 484 g/mol. The summed E-state index contributed by atoms with van der Waals surface area (Å²) >= 11 is 7.54. The third-order valence-corrected chi connectivity index (χ3v) is 6.54. The maximum atomic E-state index is 13.1. The van der Waals surface area contributed by atoms with Crippen molar-refractivity contribution in [3.8, 4) is 0 Å². The Kier molecular flexibility index (Phi) is 9.60. The van der Waals surface area contributed by atoms with Gasteiger partial charge in [-0.2, -0.15) is 0 Å². The fourth-order valence-corrected chi connectivity index (χ4v) is 5.05. The van der Waals surface area contributed by atoms with Gasteiger partial charge in [-0.25, -0.2) is 4.98 Å². The van der Waals surface area contributed by atoms with E-state index in [2.05, 4.69) is 33.0 Å². The van der Waals surface area contributed by atoms with E-state index in [0.717, 1.165) is 33.8 Å². The summed E-state index contributed by atoms with van der Waals surface area (Å²) in [4.78, 5) is 20.5. The number of aromatic nitrogens is 1. The van der Waals surface area contributed by atoms with Crippen LogP contribution < -0.4 is 10.2 Å². The van der Waals surface area contributed by atoms with Crippen molar-refractivity contribution >= 4 is 40.2 Å². The zero-order valence-corrected chi connectivity index (χ0v) is 21.6. The number of rotatable bonds is 11. The fourth-order valence-electron chi connectivity index (χ4n) is 4.09. The number of para-hydroxylation sites is 1. The number of hydrogen-bond donors (Lipinski definition) is 2. The van der Waals surface area contributed by atoms with Gasteiger partial charge in [0.05, 0.1) is 30.7 Å². The molecule has 0 unspecified atom stereocenters. The van der Waals surface area contributed by atoms with Gasteiger partial charge in [0.1, 0.15) is 5.03 Å². The number of benzene rings is 2. The van der Waals surface area contributed by atoms with Crippen molar-refractivity contribution in [2.24, 2.45) is 11.8 Å². The largest absolute Gasteiger partial charge is 0.352 e. The Bertz CT molecular complexity index is 1040. The molecule has 0 saturated heterocycles. The molecule has 0 atom stereocenters. The molecule has 3 rings (SSSR count). The molecule has 0 aliphatic rings. The third kappa shape index (κ3) is 8.02. The zero-order valence-electron chi connectivity index (χ0n) is 20.0. The Morgan fingerprint density at radius 2 is 1.70 bits per heavy atom. The highest BCUT2D eigenvalue weighted by Gasteiger charge is 2.15. The van der Waals surface area contributed by atoms with Crippen LogP contribution in [0.3, 0.4) is 0 Å². The summed E-state index contributed by atoms with van der Waals surface area (Å²) in [6.07, 6.45) is 0.968. The Labute approximate surface area is 207 Å². The van der Waals surface area contributed by atoms with E-state index in [1.165, 1.54) is 24.9 Å². The molecule has 1 amide bonds. The lowest BCUT2D eigenvalue weighted by atomic mass is 10.1. The van der Waals surface area contributed by atoms with Gasteiger partial charge in [0, 0.05) is 40.1 Å². The second kappa shape index (κ2) is 12.4. The molecule has 2 N–H and O–H groups in total. The quantitative estimate of drug-likeness (QED) is 0.360. The highest BCUT2D eigenvalue weighted by atomic mass is 35.5. The lowest BCUT2D eigenvalue weighted by molar-refractivity contribution is -0.906. The molecule has 0 saturated carbocycles. The molecule has 0 spiro atoms. The minimum atomic E-state index is -0.0409. The topological polar surface area (TPSA) is 46.4 Å². The molecule has 33 heavy (non-hydrogen) atoms. The lowest BCUT2D eigenvalue weighted by Crippen LogP contribution is -3.13. The van der Waals surface area contributed by atoms with Crippen LogP contribution in [0, 0.1) is 11.8 Å². The van der Waals surface area contributed by atoms with E-state index in [0.29, 0.717) is 29.0 Å². The van der Waals surface area contributed by atoms with Crippen molar-refractivity contribution in [1.82, 2.24) is 10.3 Å². The first-order chi connectivity index (χ1) is 15.8. The number of halogens is 1. The van der Waals surface area contributed by atoms with Gasteiger partial charge in [-0.1, -0.05) is 69.3 Å². The summed E-state index contributed by atoms with van der Waals surface area (Å²) in [5, 5.41) is 5.52. The molecular formula is C27H35ClN3OS+. The smallest absolute Gasteiger partial charge is 0.252 e. The Hall–Kier alpha value is -2.08. The van der Waals surface area contributed by atoms with Gasteiger partial charge in [0.25, 0.3) is 5.91 Å². The summed E-state index contributed by atoms with van der Waals surface area (Å²) in [6.45, 7) is 13.2. The van der Waals surface area contributed by atoms with Crippen LogP contribution in [0.4, 0.5) is 0 Å². The van der Waals surface area contributed by atoms with E-state index in [4.69, 9.17) is 16.6 Å². The number of fused-ring (bicyclic) bond motifs is 1. The SMILES string of the molecule is CC(C)C[NH+](CCCNC(=O)c1cc(Sc2ccc(Cl)cc2)nc2ccccc12)CC(C)C. The van der Waals surface area contributed by atoms with Crippen LogP contribution in [0.1, 0.15) is 44.5 Å². The van der Waals surface area contributed by atoms with Crippen LogP contribution in [-0.2, 0) is 0 Å². The van der Waals surface area contributed by atoms with Crippen LogP contribution in [0.15, 0.2) is 64.5 Å². The Balaban J connectivity index is 1.68. The van der Waals surface area contributed by atoms with E-state index >= 15 is 0 Å². The van der Waals surface area contributed by atoms with Crippen molar-refractivity contribution in [1.29, 1.82) is 0 Å². The molecule has 0 aliphatic heterocycles. The predicted octanol–water partition coefficient (Wildman–Crippen LogP) is 5.36. The summed E-state index contributed by atoms with van der Waals surface area (Å²) in [6, 6.07) is 17.4. The number of nitrogens with one attached hydrogen (secondary N) is 2. The number of hydrogen-bond acceptors (Lipinski definition) is 3. The molecule has 3 aromatic rings. The highest BCUT2D eigenvalue weighted by molar-refractivity contribution is 7.99. The van der Waals surface area contributed by atoms with Crippen LogP contribution in [-0.4, -0.2) is 37.1 Å². The average Bonchev–Trinajstić information content (AvgIpc) is 2.76. The number of pyridine rings is 1. The van der Waals surface area contributed by atoms with Crippen LogP contribution in [0.5, 0.6) is 0 Å². The standard InChI is InChI=1S/C27H34ClN3OS/c1-19(2)17-31(18-20(3)4)15-7-14-29-27(32)24-16-26(30-25-9-6-5-8-23(24)25)33-22-12-10-21(28)11-13-22/h5-6,8-13,16,19-20H,7,14-15,17-18H2,1-4H3,(H,29,32)/p+1. The van der Waals surface area contributed by atoms with Crippen molar-refractivity contribution in [3.63, 3.8) is 0 Å². The second-order valence-corrected chi connectivity index (χ2v) is 10.9. The van der Waals surface area contributed by atoms with Gasteiger partial charge < -0.3 is 10.2 Å². The average molecular weight is 485 g/mol. The summed E-state index contributed by atoms with van der Waals surface area (Å²) in [5.41, 5.74) is 1.50. The number of carbonyl (C=O) groups is 1. The minimum Gasteiger partial charge on any atom is -0.352 e. The molecule has 4 nitrogen and oxygen atoms in total. The van der Waals surface area contributed by atoms with Crippen LogP contribution in [0.2, 0.25) is 5.02 Å². The van der Waals surface area contributed by atoms with Gasteiger partial charge in [0.2, 0.25) is 0 Å². The van der Waals surface area contributed by atoms with Crippen LogP contribution >= 0.6 is 23.4 Å². The second-order valence-electron chi connectivity index (χ2n) is 9.39. The molecular weight excluding hydrogens is 450 g/mol. The van der Waals surface area contributed by atoms with Crippen molar-refractivity contribution in [2.75, 3.05) is 26.2 Å². The first kappa shape index (κ1) is 25.5. The van der Waals surface area contributed by atoms with Gasteiger partial charge in [-0.05, 0) is 36.4 Å². The maximum Gasteiger partial charge on any atom is 0.252 e. The molecule has 0 aliphatic carbocycles. The predicted molar refractivity (Wildman–Crippen MR) is 140 cm³/mol. The number of nitrogens with zero attached hydrogens (tertiary/aromatic N) is 1. The zero-order chi connectivity index (χ0) is 23.8. The third-order valence-electron chi connectivity index (χ3n) is 5.36. The number of carbonyl (C=O) groups excluding carboxylic acids is 1. The molecule has 0 radical (unpaired) electrons. The molecule has 0 fully saturated rings. The van der Waals surface area contributed by atoms with E-state index in [1.54, 1.807) is 4.90 Å².